The summed E-state index contributed by atoms with van der Waals surface area (Å²) in [5.74, 6) is 0.794. The molecule has 3 nitrogen and oxygen atoms in total. The number of nitrogens with one attached hydrogen (secondary N) is 1. The van der Waals surface area contributed by atoms with Crippen LogP contribution in [0.1, 0.15) is 0 Å². The van der Waals surface area contributed by atoms with E-state index in [4.69, 9.17) is 11.6 Å². The van der Waals surface area contributed by atoms with Gasteiger partial charge >= 0.3 is 0 Å². The van der Waals surface area contributed by atoms with Crippen LogP contribution in [-0.4, -0.2) is 16.1 Å². The molecule has 0 saturated heterocycles. The molecule has 16 heavy (non-hydrogen) atoms. The number of benzene rings is 1. The molecule has 0 aliphatic heterocycles. The maximum absolute atomic E-state index is 5.84. The Hall–Kier alpha value is -1.74. The Balaban J connectivity index is 2.29. The summed E-state index contributed by atoms with van der Waals surface area (Å²) < 4.78 is 1.96. The third-order valence-electron chi connectivity index (χ3n) is 2.15. The Kier molecular flexibility index (Phi) is 3.27. The second-order valence-electron chi connectivity index (χ2n) is 3.27. The average Bonchev–Trinajstić information content (AvgIpc) is 2.75. The van der Waals surface area contributed by atoms with E-state index in [1.807, 2.05) is 35.0 Å². The molecule has 1 aromatic carbocycles. The summed E-state index contributed by atoms with van der Waals surface area (Å²) in [5.41, 5.74) is 1.02. The van der Waals surface area contributed by atoms with E-state index in [-0.39, 0.29) is 0 Å². The van der Waals surface area contributed by atoms with Gasteiger partial charge in [0.05, 0.1) is 0 Å². The zero-order chi connectivity index (χ0) is 11.4. The average molecular weight is 234 g/mol. The van der Waals surface area contributed by atoms with Crippen LogP contribution in [0, 0.1) is 0 Å². The van der Waals surface area contributed by atoms with E-state index in [2.05, 4.69) is 16.9 Å². The van der Waals surface area contributed by atoms with E-state index in [0.29, 0.717) is 6.54 Å². The van der Waals surface area contributed by atoms with Gasteiger partial charge in [-0.25, -0.2) is 4.98 Å². The fourth-order valence-electron chi connectivity index (χ4n) is 1.41. The molecule has 0 radical (unpaired) electrons. The van der Waals surface area contributed by atoms with Crippen molar-refractivity contribution in [1.29, 1.82) is 0 Å². The second kappa shape index (κ2) is 4.86. The molecule has 0 unspecified atom stereocenters. The van der Waals surface area contributed by atoms with Gasteiger partial charge in [-0.3, -0.25) is 4.57 Å². The highest BCUT2D eigenvalue weighted by molar-refractivity contribution is 6.30. The van der Waals surface area contributed by atoms with Crippen molar-refractivity contribution in [3.8, 4) is 5.69 Å². The summed E-state index contributed by atoms with van der Waals surface area (Å²) >= 11 is 5.84. The van der Waals surface area contributed by atoms with Gasteiger partial charge < -0.3 is 5.32 Å². The highest BCUT2D eigenvalue weighted by Gasteiger charge is 2.02. The number of imidazole rings is 1. The molecule has 2 aromatic rings. The molecule has 0 aliphatic carbocycles. The van der Waals surface area contributed by atoms with Crippen LogP contribution in [0.3, 0.4) is 0 Å². The lowest BCUT2D eigenvalue weighted by Gasteiger charge is -2.08. The van der Waals surface area contributed by atoms with Crippen molar-refractivity contribution in [3.05, 3.63) is 54.3 Å². The van der Waals surface area contributed by atoms with Crippen LogP contribution >= 0.6 is 11.6 Å². The number of hydrogen-bond acceptors (Lipinski definition) is 2. The van der Waals surface area contributed by atoms with Gasteiger partial charge in [0, 0.05) is 29.6 Å². The lowest BCUT2D eigenvalue weighted by Crippen LogP contribution is -2.05. The Morgan fingerprint density at radius 2 is 2.12 bits per heavy atom. The molecule has 82 valence electrons. The first-order valence-corrected chi connectivity index (χ1v) is 5.33. The zero-order valence-corrected chi connectivity index (χ0v) is 9.48. The maximum atomic E-state index is 5.84. The summed E-state index contributed by atoms with van der Waals surface area (Å²) in [4.78, 5) is 4.22. The second-order valence-corrected chi connectivity index (χ2v) is 3.70. The molecule has 1 N–H and O–H groups in total. The molecule has 2 rings (SSSR count). The van der Waals surface area contributed by atoms with Crippen molar-refractivity contribution in [1.82, 2.24) is 9.55 Å². The summed E-state index contributed by atoms with van der Waals surface area (Å²) in [6.07, 6.45) is 5.44. The maximum Gasteiger partial charge on any atom is 0.207 e. The minimum absolute atomic E-state index is 0.685. The summed E-state index contributed by atoms with van der Waals surface area (Å²) in [6.45, 7) is 4.34. The van der Waals surface area contributed by atoms with Gasteiger partial charge in [-0.05, 0) is 24.3 Å². The highest BCUT2D eigenvalue weighted by atomic mass is 35.5. The first-order chi connectivity index (χ1) is 7.81. The Labute approximate surface area is 99.4 Å². The van der Waals surface area contributed by atoms with E-state index in [0.717, 1.165) is 16.7 Å². The van der Waals surface area contributed by atoms with Crippen molar-refractivity contribution in [3.63, 3.8) is 0 Å². The molecule has 4 heteroatoms. The smallest absolute Gasteiger partial charge is 0.207 e. The lowest BCUT2D eigenvalue weighted by molar-refractivity contribution is 1.04. The molecule has 1 aromatic heterocycles. The van der Waals surface area contributed by atoms with Crippen molar-refractivity contribution in [2.45, 2.75) is 0 Å². The minimum Gasteiger partial charge on any atom is -0.352 e. The van der Waals surface area contributed by atoms with Gasteiger partial charge in [0.15, 0.2) is 0 Å². The summed E-state index contributed by atoms with van der Waals surface area (Å²) in [7, 11) is 0. The van der Waals surface area contributed by atoms with Crippen LogP contribution in [0.5, 0.6) is 0 Å². The third-order valence-corrected chi connectivity index (χ3v) is 2.40. The predicted molar refractivity (Wildman–Crippen MR) is 67.3 cm³/mol. The van der Waals surface area contributed by atoms with Gasteiger partial charge in [-0.2, -0.15) is 0 Å². The van der Waals surface area contributed by atoms with E-state index >= 15 is 0 Å². The van der Waals surface area contributed by atoms with E-state index < -0.39 is 0 Å². The van der Waals surface area contributed by atoms with Crippen molar-refractivity contribution < 1.29 is 0 Å². The van der Waals surface area contributed by atoms with Gasteiger partial charge in [0.2, 0.25) is 5.95 Å². The normalized spacial score (nSPS) is 10.1. The monoisotopic (exact) mass is 233 g/mol. The van der Waals surface area contributed by atoms with Crippen LogP contribution in [0.2, 0.25) is 5.02 Å². The van der Waals surface area contributed by atoms with Crippen molar-refractivity contribution in [2.75, 3.05) is 11.9 Å². The first kappa shape index (κ1) is 10.8. The molecule has 0 spiro atoms. The zero-order valence-electron chi connectivity index (χ0n) is 8.73. The minimum atomic E-state index is 0.685. The molecule has 0 amide bonds. The SMILES string of the molecule is C=CCNc1nccn1-c1ccc(Cl)cc1. The van der Waals surface area contributed by atoms with Crippen molar-refractivity contribution in [2.24, 2.45) is 0 Å². The molecule has 0 fully saturated rings. The topological polar surface area (TPSA) is 29.9 Å². The number of aromatic nitrogens is 2. The van der Waals surface area contributed by atoms with Crippen LogP contribution in [0.25, 0.3) is 5.69 Å². The van der Waals surface area contributed by atoms with Gasteiger partial charge in [-0.1, -0.05) is 17.7 Å². The fourth-order valence-corrected chi connectivity index (χ4v) is 1.53. The molecule has 0 aliphatic rings. The van der Waals surface area contributed by atoms with Gasteiger partial charge in [0.25, 0.3) is 0 Å². The molecule has 0 saturated carbocycles. The quantitative estimate of drug-likeness (QED) is 0.823. The van der Waals surface area contributed by atoms with Crippen LogP contribution < -0.4 is 5.32 Å². The number of rotatable bonds is 4. The van der Waals surface area contributed by atoms with Crippen LogP contribution in [-0.2, 0) is 0 Å². The van der Waals surface area contributed by atoms with E-state index in [9.17, 15) is 0 Å². The Bertz CT molecular complexity index is 473. The summed E-state index contributed by atoms with van der Waals surface area (Å²) in [5, 5.41) is 3.88. The lowest BCUT2D eigenvalue weighted by atomic mass is 10.3. The summed E-state index contributed by atoms with van der Waals surface area (Å²) in [6, 6.07) is 7.61. The Morgan fingerprint density at radius 1 is 1.38 bits per heavy atom. The standard InChI is InChI=1S/C12H12ClN3/c1-2-7-14-12-15-8-9-16(12)11-5-3-10(13)4-6-11/h2-6,8-9H,1,7H2,(H,14,15). The molecule has 0 atom stereocenters. The number of anilines is 1. The van der Waals surface area contributed by atoms with Crippen LogP contribution in [0.15, 0.2) is 49.3 Å². The van der Waals surface area contributed by atoms with E-state index in [1.165, 1.54) is 0 Å². The van der Waals surface area contributed by atoms with Crippen LogP contribution in [0.4, 0.5) is 5.95 Å². The molecule has 0 bridgehead atoms. The molecular formula is C12H12ClN3. The fraction of sp³-hybridized carbons (Fsp3) is 0.0833. The highest BCUT2D eigenvalue weighted by Crippen LogP contribution is 2.17. The Morgan fingerprint density at radius 3 is 2.81 bits per heavy atom. The largest absolute Gasteiger partial charge is 0.352 e. The van der Waals surface area contributed by atoms with Gasteiger partial charge in [-0.15, -0.1) is 6.58 Å². The molecule has 1 heterocycles. The number of halogens is 1. The predicted octanol–water partition coefficient (Wildman–Crippen LogP) is 3.12. The first-order valence-electron chi connectivity index (χ1n) is 4.95. The third kappa shape index (κ3) is 2.25. The van der Waals surface area contributed by atoms with Crippen molar-refractivity contribution >= 4 is 17.5 Å². The van der Waals surface area contributed by atoms with Gasteiger partial charge in [0.1, 0.15) is 0 Å². The number of nitrogens with zero attached hydrogens (tertiary/aromatic N) is 2. The molecular weight excluding hydrogens is 222 g/mol. The van der Waals surface area contributed by atoms with E-state index in [1.54, 1.807) is 12.3 Å². The number of hydrogen-bond donors (Lipinski definition) is 1.